The van der Waals surface area contributed by atoms with Crippen LogP contribution in [-0.4, -0.2) is 35.1 Å². The van der Waals surface area contributed by atoms with Gasteiger partial charge >= 0.3 is 0 Å². The SMILES string of the molecule is c1nc(NC2CCNCC2)cc(NC2CC2)n1. The molecule has 0 aromatic carbocycles. The number of piperidine rings is 1. The van der Waals surface area contributed by atoms with Crippen LogP contribution in [0.3, 0.4) is 0 Å². The molecule has 1 aliphatic heterocycles. The van der Waals surface area contributed by atoms with Crippen molar-refractivity contribution in [2.45, 2.75) is 37.8 Å². The van der Waals surface area contributed by atoms with Gasteiger partial charge in [-0.1, -0.05) is 0 Å². The molecule has 5 nitrogen and oxygen atoms in total. The van der Waals surface area contributed by atoms with Gasteiger partial charge in [0.25, 0.3) is 0 Å². The van der Waals surface area contributed by atoms with E-state index in [1.165, 1.54) is 12.8 Å². The van der Waals surface area contributed by atoms with Crippen LogP contribution in [0.1, 0.15) is 25.7 Å². The molecule has 92 valence electrons. The summed E-state index contributed by atoms with van der Waals surface area (Å²) in [5, 5.41) is 10.2. The van der Waals surface area contributed by atoms with Crippen molar-refractivity contribution in [2.24, 2.45) is 0 Å². The summed E-state index contributed by atoms with van der Waals surface area (Å²) in [6.07, 6.45) is 6.49. The minimum absolute atomic E-state index is 0.542. The molecule has 1 aromatic heterocycles. The van der Waals surface area contributed by atoms with Crippen molar-refractivity contribution in [3.63, 3.8) is 0 Å². The van der Waals surface area contributed by atoms with Gasteiger partial charge in [0.15, 0.2) is 0 Å². The standard InChI is InChI=1S/C12H19N5/c1-2-9(1)16-11-7-12(15-8-14-11)17-10-3-5-13-6-4-10/h7-10,13H,1-6H2,(H2,14,15,16,17). The molecule has 0 amide bonds. The lowest BCUT2D eigenvalue weighted by Crippen LogP contribution is -2.35. The Morgan fingerprint density at radius 2 is 1.53 bits per heavy atom. The molecular weight excluding hydrogens is 214 g/mol. The molecule has 1 aromatic rings. The predicted octanol–water partition coefficient (Wildman–Crippen LogP) is 1.21. The summed E-state index contributed by atoms with van der Waals surface area (Å²) < 4.78 is 0. The van der Waals surface area contributed by atoms with Crippen LogP contribution in [0.4, 0.5) is 11.6 Å². The van der Waals surface area contributed by atoms with Crippen molar-refractivity contribution < 1.29 is 0 Å². The zero-order valence-electron chi connectivity index (χ0n) is 9.95. The van der Waals surface area contributed by atoms with E-state index in [4.69, 9.17) is 0 Å². The summed E-state index contributed by atoms with van der Waals surface area (Å²) in [6.45, 7) is 2.19. The van der Waals surface area contributed by atoms with E-state index in [1.807, 2.05) is 6.07 Å². The Bertz CT molecular complexity index is 371. The van der Waals surface area contributed by atoms with Crippen LogP contribution < -0.4 is 16.0 Å². The van der Waals surface area contributed by atoms with Gasteiger partial charge in [-0.15, -0.1) is 0 Å². The van der Waals surface area contributed by atoms with Crippen LogP contribution >= 0.6 is 0 Å². The first-order chi connectivity index (χ1) is 8.40. The quantitative estimate of drug-likeness (QED) is 0.730. The zero-order chi connectivity index (χ0) is 11.5. The fourth-order valence-electron chi connectivity index (χ4n) is 2.13. The second-order valence-electron chi connectivity index (χ2n) is 4.88. The summed E-state index contributed by atoms with van der Waals surface area (Å²) >= 11 is 0. The van der Waals surface area contributed by atoms with Crippen molar-refractivity contribution in [3.05, 3.63) is 12.4 Å². The number of rotatable bonds is 4. The molecule has 3 N–H and O–H groups in total. The highest BCUT2D eigenvalue weighted by molar-refractivity contribution is 5.48. The van der Waals surface area contributed by atoms with Crippen LogP contribution in [0.25, 0.3) is 0 Å². The molecule has 0 atom stereocenters. The molecule has 2 fully saturated rings. The zero-order valence-corrected chi connectivity index (χ0v) is 9.95. The fourth-order valence-corrected chi connectivity index (χ4v) is 2.13. The van der Waals surface area contributed by atoms with Gasteiger partial charge in [-0.3, -0.25) is 0 Å². The summed E-state index contributed by atoms with van der Waals surface area (Å²) in [4.78, 5) is 8.52. The van der Waals surface area contributed by atoms with E-state index in [-0.39, 0.29) is 0 Å². The van der Waals surface area contributed by atoms with E-state index >= 15 is 0 Å². The van der Waals surface area contributed by atoms with E-state index in [1.54, 1.807) is 6.33 Å². The minimum Gasteiger partial charge on any atom is -0.367 e. The number of anilines is 2. The van der Waals surface area contributed by atoms with Crippen molar-refractivity contribution in [3.8, 4) is 0 Å². The first-order valence-electron chi connectivity index (χ1n) is 6.46. The number of nitrogens with one attached hydrogen (secondary N) is 3. The molecule has 3 rings (SSSR count). The highest BCUT2D eigenvalue weighted by Gasteiger charge is 2.21. The van der Waals surface area contributed by atoms with Gasteiger partial charge in [-0.25, -0.2) is 9.97 Å². The fraction of sp³-hybridized carbons (Fsp3) is 0.667. The molecule has 0 radical (unpaired) electrons. The Morgan fingerprint density at radius 1 is 0.941 bits per heavy atom. The highest BCUT2D eigenvalue weighted by atomic mass is 15.1. The van der Waals surface area contributed by atoms with Crippen molar-refractivity contribution in [2.75, 3.05) is 23.7 Å². The van der Waals surface area contributed by atoms with Crippen molar-refractivity contribution in [1.82, 2.24) is 15.3 Å². The molecule has 5 heteroatoms. The van der Waals surface area contributed by atoms with Crippen molar-refractivity contribution in [1.29, 1.82) is 0 Å². The molecule has 1 saturated carbocycles. The smallest absolute Gasteiger partial charge is 0.131 e. The van der Waals surface area contributed by atoms with Gasteiger partial charge in [0.2, 0.25) is 0 Å². The van der Waals surface area contributed by atoms with E-state index in [9.17, 15) is 0 Å². The Hall–Kier alpha value is -1.36. The van der Waals surface area contributed by atoms with E-state index in [2.05, 4.69) is 25.9 Å². The second-order valence-corrected chi connectivity index (χ2v) is 4.88. The van der Waals surface area contributed by atoms with Gasteiger partial charge in [0, 0.05) is 18.2 Å². The third kappa shape index (κ3) is 3.06. The third-order valence-electron chi connectivity index (χ3n) is 3.29. The lowest BCUT2D eigenvalue weighted by molar-refractivity contribution is 0.478. The Morgan fingerprint density at radius 3 is 2.12 bits per heavy atom. The summed E-state index contributed by atoms with van der Waals surface area (Å²) in [6, 6.07) is 3.19. The van der Waals surface area contributed by atoms with Gasteiger partial charge in [-0.05, 0) is 38.8 Å². The summed E-state index contributed by atoms with van der Waals surface area (Å²) in [7, 11) is 0. The monoisotopic (exact) mass is 233 g/mol. The van der Waals surface area contributed by atoms with Crippen LogP contribution in [0.2, 0.25) is 0 Å². The van der Waals surface area contributed by atoms with Crippen LogP contribution in [-0.2, 0) is 0 Å². The predicted molar refractivity (Wildman–Crippen MR) is 68.2 cm³/mol. The number of hydrogen-bond donors (Lipinski definition) is 3. The van der Waals surface area contributed by atoms with E-state index in [0.717, 1.165) is 37.6 Å². The lowest BCUT2D eigenvalue weighted by atomic mass is 10.1. The van der Waals surface area contributed by atoms with Gasteiger partial charge in [0.05, 0.1) is 0 Å². The third-order valence-corrected chi connectivity index (χ3v) is 3.29. The first kappa shape index (κ1) is 10.8. The molecule has 2 aliphatic rings. The van der Waals surface area contributed by atoms with Crippen molar-refractivity contribution >= 4 is 11.6 Å². The Labute approximate surface area is 101 Å². The average molecular weight is 233 g/mol. The van der Waals surface area contributed by atoms with Gasteiger partial charge < -0.3 is 16.0 Å². The Balaban J connectivity index is 1.60. The van der Waals surface area contributed by atoms with E-state index < -0.39 is 0 Å². The largest absolute Gasteiger partial charge is 0.367 e. The number of aromatic nitrogens is 2. The maximum absolute atomic E-state index is 4.28. The van der Waals surface area contributed by atoms with E-state index in [0.29, 0.717) is 12.1 Å². The van der Waals surface area contributed by atoms with Crippen LogP contribution in [0.5, 0.6) is 0 Å². The second kappa shape index (κ2) is 4.87. The normalized spacial score (nSPS) is 21.2. The molecular formula is C12H19N5. The maximum atomic E-state index is 4.28. The molecule has 0 unspecified atom stereocenters. The molecule has 17 heavy (non-hydrogen) atoms. The topological polar surface area (TPSA) is 61.9 Å². The molecule has 0 spiro atoms. The van der Waals surface area contributed by atoms with Gasteiger partial charge in [0.1, 0.15) is 18.0 Å². The first-order valence-corrected chi connectivity index (χ1v) is 6.46. The number of hydrogen-bond acceptors (Lipinski definition) is 5. The van der Waals surface area contributed by atoms with Crippen LogP contribution in [0.15, 0.2) is 12.4 Å². The number of nitrogens with zero attached hydrogens (tertiary/aromatic N) is 2. The van der Waals surface area contributed by atoms with Gasteiger partial charge in [-0.2, -0.15) is 0 Å². The summed E-state index contributed by atoms with van der Waals surface area (Å²) in [5.41, 5.74) is 0. The Kier molecular flexibility index (Phi) is 3.09. The van der Waals surface area contributed by atoms with Crippen LogP contribution in [0, 0.1) is 0 Å². The average Bonchev–Trinajstić information content (AvgIpc) is 3.15. The minimum atomic E-state index is 0.542. The molecule has 1 saturated heterocycles. The highest BCUT2D eigenvalue weighted by Crippen LogP contribution is 2.24. The maximum Gasteiger partial charge on any atom is 0.131 e. The molecule has 1 aliphatic carbocycles. The molecule has 2 heterocycles. The summed E-state index contributed by atoms with van der Waals surface area (Å²) in [5.74, 6) is 1.88. The lowest BCUT2D eigenvalue weighted by Gasteiger charge is -2.24. The molecule has 0 bridgehead atoms.